The fourth-order valence-electron chi connectivity index (χ4n) is 1.28. The summed E-state index contributed by atoms with van der Waals surface area (Å²) in [7, 11) is 0. The van der Waals surface area contributed by atoms with E-state index in [4.69, 9.17) is 15.3 Å². The Hall–Kier alpha value is -0.910. The van der Waals surface area contributed by atoms with E-state index in [0.717, 1.165) is 15.6 Å². The van der Waals surface area contributed by atoms with Crippen molar-refractivity contribution in [2.45, 2.75) is 6.04 Å². The van der Waals surface area contributed by atoms with Crippen LogP contribution in [0, 0.1) is 0 Å². The lowest BCUT2D eigenvalue weighted by atomic mass is 10.1. The van der Waals surface area contributed by atoms with E-state index in [-0.39, 0.29) is 6.61 Å². The minimum Gasteiger partial charge on any atom is -0.443 e. The van der Waals surface area contributed by atoms with E-state index in [0.29, 0.717) is 5.58 Å². The van der Waals surface area contributed by atoms with Crippen LogP contribution < -0.4 is 5.73 Å². The van der Waals surface area contributed by atoms with Crippen LogP contribution in [0.15, 0.2) is 27.4 Å². The fraction of sp³-hybridized carbons (Fsp3) is 0.222. The van der Waals surface area contributed by atoms with Crippen molar-refractivity contribution in [2.75, 3.05) is 6.61 Å². The van der Waals surface area contributed by atoms with Crippen LogP contribution in [0.5, 0.6) is 0 Å². The molecule has 0 aliphatic heterocycles. The Morgan fingerprint density at radius 3 is 3.07 bits per heavy atom. The van der Waals surface area contributed by atoms with Gasteiger partial charge in [-0.1, -0.05) is 15.9 Å². The zero-order valence-electron chi connectivity index (χ0n) is 7.27. The predicted octanol–water partition coefficient (Wildman–Crippen LogP) is 1.58. The first-order chi connectivity index (χ1) is 6.72. The molecule has 2 rings (SSSR count). The molecule has 4 nitrogen and oxygen atoms in total. The molecule has 0 radical (unpaired) electrons. The van der Waals surface area contributed by atoms with Crippen LogP contribution in [-0.4, -0.2) is 16.7 Å². The SMILES string of the molecule is NC(CO)c1cc2ncoc2cc1Br. The van der Waals surface area contributed by atoms with Gasteiger partial charge >= 0.3 is 0 Å². The number of benzene rings is 1. The summed E-state index contributed by atoms with van der Waals surface area (Å²) >= 11 is 3.36. The van der Waals surface area contributed by atoms with Crippen LogP contribution in [0.4, 0.5) is 0 Å². The van der Waals surface area contributed by atoms with E-state index in [9.17, 15) is 0 Å². The highest BCUT2D eigenvalue weighted by Crippen LogP contribution is 2.27. The molecule has 14 heavy (non-hydrogen) atoms. The highest BCUT2D eigenvalue weighted by atomic mass is 79.9. The largest absolute Gasteiger partial charge is 0.443 e. The molecule has 0 saturated heterocycles. The molecule has 0 spiro atoms. The first-order valence-corrected chi connectivity index (χ1v) is 4.90. The quantitative estimate of drug-likeness (QED) is 0.856. The van der Waals surface area contributed by atoms with Gasteiger partial charge in [-0.2, -0.15) is 0 Å². The monoisotopic (exact) mass is 256 g/mol. The smallest absolute Gasteiger partial charge is 0.181 e. The van der Waals surface area contributed by atoms with Crippen molar-refractivity contribution in [3.05, 3.63) is 28.6 Å². The molecule has 1 atom stereocenters. The van der Waals surface area contributed by atoms with Crippen molar-refractivity contribution in [1.82, 2.24) is 4.98 Å². The van der Waals surface area contributed by atoms with Gasteiger partial charge in [0.2, 0.25) is 0 Å². The van der Waals surface area contributed by atoms with E-state index >= 15 is 0 Å². The summed E-state index contributed by atoms with van der Waals surface area (Å²) in [4.78, 5) is 4.01. The molecule has 0 aliphatic carbocycles. The second-order valence-corrected chi connectivity index (χ2v) is 3.84. The summed E-state index contributed by atoms with van der Waals surface area (Å²) in [6.45, 7) is -0.0953. The number of halogens is 1. The number of hydrogen-bond acceptors (Lipinski definition) is 4. The second kappa shape index (κ2) is 3.68. The Balaban J connectivity index is 2.58. The highest BCUT2D eigenvalue weighted by molar-refractivity contribution is 9.10. The van der Waals surface area contributed by atoms with Gasteiger partial charge in [0.25, 0.3) is 0 Å². The molecule has 0 aliphatic rings. The summed E-state index contributed by atoms with van der Waals surface area (Å²) in [6, 6.07) is 3.21. The van der Waals surface area contributed by atoms with E-state index in [2.05, 4.69) is 20.9 Å². The van der Waals surface area contributed by atoms with Gasteiger partial charge in [0.05, 0.1) is 12.6 Å². The van der Waals surface area contributed by atoms with Gasteiger partial charge in [0.1, 0.15) is 5.52 Å². The van der Waals surface area contributed by atoms with Crippen LogP contribution in [-0.2, 0) is 0 Å². The Morgan fingerprint density at radius 1 is 1.57 bits per heavy atom. The van der Waals surface area contributed by atoms with Crippen molar-refractivity contribution in [1.29, 1.82) is 0 Å². The average molecular weight is 257 g/mol. The molecule has 0 bridgehead atoms. The predicted molar refractivity (Wildman–Crippen MR) is 55.7 cm³/mol. The number of aliphatic hydroxyl groups excluding tert-OH is 1. The number of aromatic nitrogens is 1. The van der Waals surface area contributed by atoms with Crippen molar-refractivity contribution in [2.24, 2.45) is 5.73 Å². The Labute approximate surface area is 88.9 Å². The summed E-state index contributed by atoms with van der Waals surface area (Å²) < 4.78 is 5.95. The molecule has 1 aromatic carbocycles. The Bertz CT molecular complexity index is 455. The molecule has 0 amide bonds. The zero-order valence-corrected chi connectivity index (χ0v) is 8.86. The van der Waals surface area contributed by atoms with Gasteiger partial charge < -0.3 is 15.3 Å². The first kappa shape index (κ1) is 9.64. The fourth-order valence-corrected chi connectivity index (χ4v) is 1.89. The Morgan fingerprint density at radius 2 is 2.36 bits per heavy atom. The molecule has 0 saturated carbocycles. The van der Waals surface area contributed by atoms with Gasteiger partial charge in [-0.3, -0.25) is 0 Å². The third-order valence-corrected chi connectivity index (χ3v) is 2.73. The molecule has 0 fully saturated rings. The van der Waals surface area contributed by atoms with Crippen molar-refractivity contribution >= 4 is 27.0 Å². The number of rotatable bonds is 2. The second-order valence-electron chi connectivity index (χ2n) is 2.98. The molecule has 1 unspecified atom stereocenters. The third kappa shape index (κ3) is 1.54. The number of nitrogens with two attached hydrogens (primary N) is 1. The zero-order chi connectivity index (χ0) is 10.1. The maximum absolute atomic E-state index is 8.95. The maximum Gasteiger partial charge on any atom is 0.181 e. The number of nitrogens with zero attached hydrogens (tertiary/aromatic N) is 1. The van der Waals surface area contributed by atoms with Gasteiger partial charge in [0, 0.05) is 4.47 Å². The molecule has 5 heteroatoms. The van der Waals surface area contributed by atoms with Crippen LogP contribution in [0.2, 0.25) is 0 Å². The third-order valence-electron chi connectivity index (χ3n) is 2.05. The van der Waals surface area contributed by atoms with Crippen molar-refractivity contribution in [3.8, 4) is 0 Å². The normalized spacial score (nSPS) is 13.4. The molecular formula is C9H9BrN2O2. The highest BCUT2D eigenvalue weighted by Gasteiger charge is 2.11. The Kier molecular flexibility index (Phi) is 2.54. The summed E-state index contributed by atoms with van der Waals surface area (Å²) in [5.74, 6) is 0. The van der Waals surface area contributed by atoms with Crippen molar-refractivity contribution in [3.63, 3.8) is 0 Å². The minimum absolute atomic E-state index is 0.0953. The van der Waals surface area contributed by atoms with Gasteiger partial charge in [-0.25, -0.2) is 4.98 Å². The van der Waals surface area contributed by atoms with E-state index in [1.807, 2.05) is 6.07 Å². The van der Waals surface area contributed by atoms with Crippen molar-refractivity contribution < 1.29 is 9.52 Å². The van der Waals surface area contributed by atoms with Crippen LogP contribution >= 0.6 is 15.9 Å². The van der Waals surface area contributed by atoms with Gasteiger partial charge in [-0.15, -0.1) is 0 Å². The van der Waals surface area contributed by atoms with Crippen LogP contribution in [0.1, 0.15) is 11.6 Å². The van der Waals surface area contributed by atoms with Crippen LogP contribution in [0.25, 0.3) is 11.1 Å². The molecule has 1 heterocycles. The van der Waals surface area contributed by atoms with Crippen LogP contribution in [0.3, 0.4) is 0 Å². The van der Waals surface area contributed by atoms with Gasteiger partial charge in [0.15, 0.2) is 12.0 Å². The molecule has 3 N–H and O–H groups in total. The van der Waals surface area contributed by atoms with E-state index in [1.165, 1.54) is 6.39 Å². The molecule has 2 aromatic rings. The number of hydrogen-bond donors (Lipinski definition) is 2. The van der Waals surface area contributed by atoms with Gasteiger partial charge in [-0.05, 0) is 17.7 Å². The number of aliphatic hydroxyl groups is 1. The van der Waals surface area contributed by atoms with E-state index in [1.54, 1.807) is 6.07 Å². The number of fused-ring (bicyclic) bond motifs is 1. The lowest BCUT2D eigenvalue weighted by Gasteiger charge is -2.09. The molecule has 1 aromatic heterocycles. The lowest BCUT2D eigenvalue weighted by molar-refractivity contribution is 0.267. The number of oxazole rings is 1. The summed E-state index contributed by atoms with van der Waals surface area (Å²) in [5.41, 5.74) is 7.99. The average Bonchev–Trinajstić information content (AvgIpc) is 2.62. The maximum atomic E-state index is 8.95. The molecule has 74 valence electrons. The molecular weight excluding hydrogens is 248 g/mol. The minimum atomic E-state index is -0.398. The summed E-state index contributed by atoms with van der Waals surface area (Å²) in [5, 5.41) is 8.95. The lowest BCUT2D eigenvalue weighted by Crippen LogP contribution is -2.14. The first-order valence-electron chi connectivity index (χ1n) is 4.11. The van der Waals surface area contributed by atoms with E-state index < -0.39 is 6.04 Å². The standard InChI is InChI=1S/C9H9BrN2O2/c10-6-2-9-8(12-4-14-9)1-5(6)7(11)3-13/h1-2,4,7,13H,3,11H2. The topological polar surface area (TPSA) is 72.3 Å². The summed E-state index contributed by atoms with van der Waals surface area (Å²) in [6.07, 6.45) is 1.38.